The van der Waals surface area contributed by atoms with Crippen LogP contribution in [0.25, 0.3) is 0 Å². The van der Waals surface area contributed by atoms with Crippen LogP contribution in [-0.2, 0) is 28.5 Å². The second-order valence-electron chi connectivity index (χ2n) is 19.2. The maximum atomic E-state index is 12.6. The highest BCUT2D eigenvalue weighted by molar-refractivity contribution is 5.72. The highest BCUT2D eigenvalue weighted by Crippen LogP contribution is 2.89. The summed E-state index contributed by atoms with van der Waals surface area (Å²) >= 11 is 0. The van der Waals surface area contributed by atoms with Gasteiger partial charge in [-0.3, -0.25) is 14.5 Å². The van der Waals surface area contributed by atoms with Crippen LogP contribution in [0.1, 0.15) is 114 Å². The highest BCUT2D eigenvalue weighted by Gasteiger charge is 2.84. The highest BCUT2D eigenvalue weighted by atomic mass is 16.7. The van der Waals surface area contributed by atoms with E-state index in [-0.39, 0.29) is 51.1 Å². The van der Waals surface area contributed by atoms with E-state index in [1.807, 2.05) is 4.90 Å². The zero-order chi connectivity index (χ0) is 35.7. The first-order valence-corrected chi connectivity index (χ1v) is 19.2. The molecule has 7 rings (SSSR count). The van der Waals surface area contributed by atoms with Crippen LogP contribution in [0.3, 0.4) is 0 Å². The van der Waals surface area contributed by atoms with Gasteiger partial charge in [0.15, 0.2) is 12.4 Å². The smallest absolute Gasteiger partial charge is 0.320 e. The van der Waals surface area contributed by atoms with Crippen molar-refractivity contribution in [3.63, 3.8) is 0 Å². The summed E-state index contributed by atoms with van der Waals surface area (Å²) in [5, 5.41) is 33.2. The van der Waals surface area contributed by atoms with Gasteiger partial charge in [-0.05, 0) is 117 Å². The van der Waals surface area contributed by atoms with Crippen molar-refractivity contribution in [2.45, 2.75) is 162 Å². The van der Waals surface area contributed by atoms with E-state index in [1.54, 1.807) is 20.8 Å². The number of aliphatic hydroxyl groups excluding tert-OH is 1. The minimum Gasteiger partial charge on any atom is -0.480 e. The number of carboxylic acids is 1. The number of fused-ring (bicyclic) bond motifs is 4. The van der Waals surface area contributed by atoms with Gasteiger partial charge in [0.1, 0.15) is 6.04 Å². The minimum atomic E-state index is -1.27. The lowest BCUT2D eigenvalue weighted by Gasteiger charge is -2.64. The molecular formula is C39H63NO9. The van der Waals surface area contributed by atoms with Crippen LogP contribution >= 0.6 is 0 Å². The summed E-state index contributed by atoms with van der Waals surface area (Å²) in [6, 6.07) is -0.566. The van der Waals surface area contributed by atoms with E-state index in [2.05, 4.69) is 34.6 Å². The summed E-state index contributed by atoms with van der Waals surface area (Å²) in [6.07, 6.45) is 5.72. The molecule has 10 heteroatoms. The Balaban J connectivity index is 1.12. The zero-order valence-electron chi connectivity index (χ0n) is 31.4. The number of rotatable bonds is 7. The zero-order valence-corrected chi connectivity index (χ0v) is 31.4. The Bertz CT molecular complexity index is 1330. The third-order valence-corrected chi connectivity index (χ3v) is 16.4. The molecule has 0 aromatic rings. The van der Waals surface area contributed by atoms with Crippen LogP contribution in [0.2, 0.25) is 0 Å². The predicted molar refractivity (Wildman–Crippen MR) is 181 cm³/mol. The fourth-order valence-corrected chi connectivity index (χ4v) is 14.0. The number of aliphatic carboxylic acids is 1. The van der Waals surface area contributed by atoms with Gasteiger partial charge in [0.25, 0.3) is 0 Å². The van der Waals surface area contributed by atoms with E-state index >= 15 is 0 Å². The molecular weight excluding hydrogens is 626 g/mol. The summed E-state index contributed by atoms with van der Waals surface area (Å²) in [5.41, 5.74) is -1.30. The Kier molecular flexibility index (Phi) is 8.54. The average molecular weight is 690 g/mol. The van der Waals surface area contributed by atoms with Crippen molar-refractivity contribution in [2.75, 3.05) is 19.7 Å². The number of esters is 1. The third-order valence-electron chi connectivity index (χ3n) is 16.4. The molecule has 0 radical (unpaired) electrons. The average Bonchev–Trinajstić information content (AvgIpc) is 3.65. The number of ether oxygens (including phenoxy) is 4. The van der Waals surface area contributed by atoms with Crippen molar-refractivity contribution in [1.29, 1.82) is 0 Å². The molecule has 0 aromatic carbocycles. The van der Waals surface area contributed by atoms with E-state index < -0.39 is 48.2 Å². The van der Waals surface area contributed by atoms with Crippen LogP contribution in [0.4, 0.5) is 0 Å². The van der Waals surface area contributed by atoms with Crippen LogP contribution in [0, 0.1) is 50.7 Å². The molecule has 2 heterocycles. The van der Waals surface area contributed by atoms with Crippen molar-refractivity contribution in [2.24, 2.45) is 50.7 Å². The number of nitrogens with zero attached hydrogens (tertiary/aromatic N) is 1. The monoisotopic (exact) mass is 689 g/mol. The molecule has 2 spiro atoms. The molecule has 10 nitrogen and oxygen atoms in total. The summed E-state index contributed by atoms with van der Waals surface area (Å²) in [5.74, 6) is 0.0786. The van der Waals surface area contributed by atoms with Gasteiger partial charge in [0, 0.05) is 18.9 Å². The van der Waals surface area contributed by atoms with Crippen molar-refractivity contribution < 1.29 is 43.9 Å². The van der Waals surface area contributed by atoms with Gasteiger partial charge in [0.2, 0.25) is 0 Å². The summed E-state index contributed by atoms with van der Waals surface area (Å²) in [4.78, 5) is 25.7. The molecule has 7 fully saturated rings. The van der Waals surface area contributed by atoms with E-state index in [4.69, 9.17) is 18.9 Å². The van der Waals surface area contributed by atoms with Gasteiger partial charge in [-0.15, -0.1) is 0 Å². The summed E-state index contributed by atoms with van der Waals surface area (Å²) in [7, 11) is 0. The standard InChI is InChI=1S/C39H63NO9/c1-21-18-24(32(35(6,7)45)47-23(3)41)48-30-29(21)36(8)14-15-39-20-38(39)13-12-27(49-28-19-40(16-17-46-28)22(2)33(43)44)34(4,5)25(38)10-11-26(39)37(36,9)31(30)42/h21-22,24-32,42,45H,10-20H2,1-9H3,(H,43,44)/t21-,22+,24?,25+,26?,27+,28+,29+,30?,31+,32+,36-,37-,38-,39+/m1/s1. The first-order chi connectivity index (χ1) is 22.7. The van der Waals surface area contributed by atoms with Gasteiger partial charge in [0.05, 0.1) is 43.2 Å². The number of aliphatic hydroxyl groups is 2. The van der Waals surface area contributed by atoms with Gasteiger partial charge in [-0.25, -0.2) is 0 Å². The molecule has 3 N–H and O–H groups in total. The van der Waals surface area contributed by atoms with Crippen LogP contribution in [-0.4, -0.2) is 100 Å². The van der Waals surface area contributed by atoms with E-state index in [0.29, 0.717) is 38.0 Å². The maximum Gasteiger partial charge on any atom is 0.320 e. The number of hydrogen-bond acceptors (Lipinski definition) is 9. The van der Waals surface area contributed by atoms with Crippen molar-refractivity contribution >= 4 is 11.9 Å². The van der Waals surface area contributed by atoms with Gasteiger partial charge < -0.3 is 34.3 Å². The fraction of sp³-hybridized carbons (Fsp3) is 0.949. The largest absolute Gasteiger partial charge is 0.480 e. The second kappa shape index (κ2) is 11.6. The third kappa shape index (κ3) is 4.99. The molecule has 2 aliphatic heterocycles. The number of morpholine rings is 1. The van der Waals surface area contributed by atoms with E-state index in [0.717, 1.165) is 32.1 Å². The van der Waals surface area contributed by atoms with E-state index in [9.17, 15) is 24.9 Å². The summed E-state index contributed by atoms with van der Waals surface area (Å²) < 4.78 is 25.3. The number of hydrogen-bond donors (Lipinski definition) is 3. The molecule has 5 saturated carbocycles. The number of carbonyl (C=O) groups is 2. The van der Waals surface area contributed by atoms with Crippen molar-refractivity contribution in [3.8, 4) is 0 Å². The Morgan fingerprint density at radius 1 is 1.02 bits per heavy atom. The Labute approximate surface area is 292 Å². The number of carboxylic acid groups (broad SMARTS) is 1. The lowest BCUT2D eigenvalue weighted by molar-refractivity contribution is -0.251. The molecule has 5 aliphatic carbocycles. The van der Waals surface area contributed by atoms with Crippen molar-refractivity contribution in [1.82, 2.24) is 4.90 Å². The summed E-state index contributed by atoms with van der Waals surface area (Å²) in [6.45, 7) is 19.8. The molecule has 49 heavy (non-hydrogen) atoms. The molecule has 3 unspecified atom stereocenters. The number of carbonyl (C=O) groups excluding carboxylic acids is 1. The molecule has 0 aromatic heterocycles. The normalized spacial score (nSPS) is 50.1. The van der Waals surface area contributed by atoms with Gasteiger partial charge >= 0.3 is 11.9 Å². The SMILES string of the molecule is CC(=O)O[C@@H](C1C[C@@H](C)[C@H]2C(O1)[C@H](O)[C@@]1(C)C3CC[C@H]4C(C)(C)[C@@H](O[C@H]5CN([C@@H](C)C(=O)O)CCO5)CC[C@@]45C[C@@]35CC[C@]21C)C(C)(C)O. The Hall–Kier alpha value is -1.30. The lowest BCUT2D eigenvalue weighted by atomic mass is 9.41. The Morgan fingerprint density at radius 2 is 1.69 bits per heavy atom. The molecule has 2 saturated heterocycles. The Morgan fingerprint density at radius 3 is 2.35 bits per heavy atom. The molecule has 0 amide bonds. The first kappa shape index (κ1) is 36.1. The quantitative estimate of drug-likeness (QED) is 0.313. The van der Waals surface area contributed by atoms with E-state index in [1.165, 1.54) is 19.8 Å². The fourth-order valence-electron chi connectivity index (χ4n) is 14.0. The predicted octanol–water partition coefficient (Wildman–Crippen LogP) is 5.02. The van der Waals surface area contributed by atoms with Crippen LogP contribution < -0.4 is 0 Å². The molecule has 7 aliphatic rings. The van der Waals surface area contributed by atoms with Crippen molar-refractivity contribution in [3.05, 3.63) is 0 Å². The molecule has 0 bridgehead atoms. The van der Waals surface area contributed by atoms with Crippen LogP contribution in [0.5, 0.6) is 0 Å². The second-order valence-corrected chi connectivity index (χ2v) is 19.2. The molecule has 278 valence electrons. The van der Waals surface area contributed by atoms with Gasteiger partial charge in [-0.2, -0.15) is 0 Å². The van der Waals surface area contributed by atoms with Gasteiger partial charge in [-0.1, -0.05) is 34.6 Å². The maximum absolute atomic E-state index is 12.6. The van der Waals surface area contributed by atoms with Crippen LogP contribution in [0.15, 0.2) is 0 Å². The minimum absolute atomic E-state index is 0.0407. The lowest BCUT2D eigenvalue weighted by Crippen LogP contribution is -2.60. The molecule has 15 atom stereocenters. The topological polar surface area (TPSA) is 135 Å². The first-order valence-electron chi connectivity index (χ1n) is 19.2.